The van der Waals surface area contributed by atoms with Gasteiger partial charge in [0.05, 0.1) is 36.4 Å². The molecule has 1 aromatic heterocycles. The molecule has 152 valence electrons. The predicted molar refractivity (Wildman–Crippen MR) is 101 cm³/mol. The van der Waals surface area contributed by atoms with Crippen molar-refractivity contribution in [3.05, 3.63) is 11.9 Å². The first-order chi connectivity index (χ1) is 13.0. The SMILES string of the molecule is COC1CCN(Cc2cnc(S(=O)(=O)CC3CC3)n2C[C@@H]2CCCO2)CC1. The highest BCUT2D eigenvalue weighted by Gasteiger charge is 2.33. The smallest absolute Gasteiger partial charge is 0.227 e. The number of hydrogen-bond donors (Lipinski definition) is 0. The number of piperidine rings is 1. The molecule has 0 bridgehead atoms. The van der Waals surface area contributed by atoms with E-state index < -0.39 is 9.84 Å². The van der Waals surface area contributed by atoms with Crippen LogP contribution in [0.15, 0.2) is 11.4 Å². The van der Waals surface area contributed by atoms with E-state index in [0.717, 1.165) is 70.5 Å². The summed E-state index contributed by atoms with van der Waals surface area (Å²) in [5, 5.41) is 0.242. The Bertz CT molecular complexity index is 730. The molecule has 1 aromatic rings. The van der Waals surface area contributed by atoms with Crippen LogP contribution >= 0.6 is 0 Å². The van der Waals surface area contributed by atoms with E-state index in [1.54, 1.807) is 13.3 Å². The molecule has 27 heavy (non-hydrogen) atoms. The number of likely N-dealkylation sites (tertiary alicyclic amines) is 1. The second-order valence-electron chi connectivity index (χ2n) is 8.21. The first-order valence-corrected chi connectivity index (χ1v) is 11.8. The van der Waals surface area contributed by atoms with Gasteiger partial charge in [0, 0.05) is 33.4 Å². The van der Waals surface area contributed by atoms with Crippen LogP contribution in [0.2, 0.25) is 0 Å². The van der Waals surface area contributed by atoms with Gasteiger partial charge in [-0.15, -0.1) is 0 Å². The quantitative estimate of drug-likeness (QED) is 0.667. The highest BCUT2D eigenvalue weighted by atomic mass is 32.2. The molecule has 0 radical (unpaired) electrons. The van der Waals surface area contributed by atoms with E-state index in [0.29, 0.717) is 18.6 Å². The van der Waals surface area contributed by atoms with Crippen LogP contribution in [0.4, 0.5) is 0 Å². The van der Waals surface area contributed by atoms with E-state index in [2.05, 4.69) is 9.88 Å². The third-order valence-electron chi connectivity index (χ3n) is 6.00. The Balaban J connectivity index is 1.53. The third-order valence-corrected chi connectivity index (χ3v) is 7.79. The van der Waals surface area contributed by atoms with Gasteiger partial charge in [0.2, 0.25) is 15.0 Å². The van der Waals surface area contributed by atoms with Gasteiger partial charge in [-0.25, -0.2) is 13.4 Å². The molecular formula is C19H31N3O4S. The van der Waals surface area contributed by atoms with Gasteiger partial charge in [-0.2, -0.15) is 0 Å². The molecule has 3 fully saturated rings. The molecule has 3 aliphatic rings. The first-order valence-electron chi connectivity index (χ1n) is 10.2. The third kappa shape index (κ3) is 4.72. The van der Waals surface area contributed by atoms with Crippen LogP contribution in [0, 0.1) is 5.92 Å². The summed E-state index contributed by atoms with van der Waals surface area (Å²) in [7, 11) is -1.57. The first kappa shape index (κ1) is 19.4. The van der Waals surface area contributed by atoms with Gasteiger partial charge in [0.25, 0.3) is 0 Å². The Morgan fingerprint density at radius 2 is 2.00 bits per heavy atom. The lowest BCUT2D eigenvalue weighted by Crippen LogP contribution is -2.37. The van der Waals surface area contributed by atoms with Crippen LogP contribution < -0.4 is 0 Å². The molecule has 2 saturated heterocycles. The largest absolute Gasteiger partial charge is 0.381 e. The standard InChI is InChI=1S/C19H31N3O4S/c1-25-17-6-8-21(9-7-17)12-16-11-20-19(27(23,24)14-15-4-5-15)22(16)13-18-3-2-10-26-18/h11,15,17-18H,2-10,12-14H2,1H3/t18-/m0/s1. The molecule has 3 heterocycles. The molecular weight excluding hydrogens is 366 g/mol. The van der Waals surface area contributed by atoms with Crippen molar-refractivity contribution in [1.82, 2.24) is 14.5 Å². The predicted octanol–water partition coefficient (Wildman–Crippen LogP) is 1.86. The number of sulfone groups is 1. The van der Waals surface area contributed by atoms with Crippen LogP contribution in [-0.4, -0.2) is 67.6 Å². The Morgan fingerprint density at radius 1 is 1.22 bits per heavy atom. The molecule has 8 heteroatoms. The fourth-order valence-corrected chi connectivity index (χ4v) is 6.00. The lowest BCUT2D eigenvalue weighted by molar-refractivity contribution is 0.0377. The van der Waals surface area contributed by atoms with E-state index >= 15 is 0 Å². The average Bonchev–Trinajstić information content (AvgIpc) is 3.15. The fourth-order valence-electron chi connectivity index (χ4n) is 4.16. The molecule has 0 N–H and O–H groups in total. The maximum Gasteiger partial charge on any atom is 0.227 e. The summed E-state index contributed by atoms with van der Waals surface area (Å²) in [6, 6.07) is 0. The van der Waals surface area contributed by atoms with Gasteiger partial charge >= 0.3 is 0 Å². The van der Waals surface area contributed by atoms with Crippen LogP contribution in [-0.2, 0) is 32.4 Å². The van der Waals surface area contributed by atoms with Gasteiger partial charge in [-0.1, -0.05) is 0 Å². The topological polar surface area (TPSA) is 73.7 Å². The highest BCUT2D eigenvalue weighted by molar-refractivity contribution is 7.91. The van der Waals surface area contributed by atoms with Crippen molar-refractivity contribution < 1.29 is 17.9 Å². The zero-order valence-corrected chi connectivity index (χ0v) is 17.0. The van der Waals surface area contributed by atoms with Crippen molar-refractivity contribution in [2.75, 3.05) is 32.6 Å². The Morgan fingerprint density at radius 3 is 2.63 bits per heavy atom. The summed E-state index contributed by atoms with van der Waals surface area (Å²) in [5.41, 5.74) is 0.982. The van der Waals surface area contributed by atoms with Gasteiger partial charge in [-0.05, 0) is 44.4 Å². The van der Waals surface area contributed by atoms with Gasteiger partial charge in [0.15, 0.2) is 0 Å². The van der Waals surface area contributed by atoms with Crippen LogP contribution in [0.3, 0.4) is 0 Å². The Hall–Kier alpha value is -0.960. The summed E-state index contributed by atoms with van der Waals surface area (Å²) >= 11 is 0. The number of aromatic nitrogens is 2. The number of methoxy groups -OCH3 is 1. The van der Waals surface area contributed by atoms with Gasteiger partial charge in [-0.3, -0.25) is 4.90 Å². The highest BCUT2D eigenvalue weighted by Crippen LogP contribution is 2.32. The molecule has 4 rings (SSSR count). The minimum atomic E-state index is -3.34. The van der Waals surface area contributed by atoms with Crippen LogP contribution in [0.5, 0.6) is 0 Å². The lowest BCUT2D eigenvalue weighted by Gasteiger charge is -2.31. The minimum Gasteiger partial charge on any atom is -0.381 e. The summed E-state index contributed by atoms with van der Waals surface area (Å²) in [4.78, 5) is 6.75. The van der Waals surface area contributed by atoms with Crippen molar-refractivity contribution in [2.24, 2.45) is 5.92 Å². The van der Waals surface area contributed by atoms with Crippen molar-refractivity contribution in [2.45, 2.75) is 69.0 Å². The van der Waals surface area contributed by atoms with Gasteiger partial charge in [0.1, 0.15) is 0 Å². The zero-order valence-electron chi connectivity index (χ0n) is 16.2. The second-order valence-corrected chi connectivity index (χ2v) is 10.1. The normalized spacial score (nSPS) is 25.3. The Kier molecular flexibility index (Phi) is 5.87. The number of hydrogen-bond acceptors (Lipinski definition) is 6. The molecule has 0 unspecified atom stereocenters. The number of rotatable bonds is 8. The summed E-state index contributed by atoms with van der Waals surface area (Å²) in [6.07, 6.45) is 8.30. The summed E-state index contributed by atoms with van der Waals surface area (Å²) in [5.74, 6) is 0.549. The fraction of sp³-hybridized carbons (Fsp3) is 0.842. The monoisotopic (exact) mass is 397 g/mol. The maximum atomic E-state index is 12.9. The molecule has 0 amide bonds. The zero-order chi connectivity index (χ0) is 18.9. The maximum absolute atomic E-state index is 12.9. The average molecular weight is 398 g/mol. The van der Waals surface area contributed by atoms with Crippen molar-refractivity contribution in [3.8, 4) is 0 Å². The van der Waals surface area contributed by atoms with Crippen LogP contribution in [0.25, 0.3) is 0 Å². The van der Waals surface area contributed by atoms with E-state index in [-0.39, 0.29) is 17.0 Å². The second kappa shape index (κ2) is 8.19. The molecule has 1 saturated carbocycles. The minimum absolute atomic E-state index is 0.0899. The van der Waals surface area contributed by atoms with Gasteiger partial charge < -0.3 is 14.0 Å². The van der Waals surface area contributed by atoms with E-state index in [9.17, 15) is 8.42 Å². The molecule has 7 nitrogen and oxygen atoms in total. The van der Waals surface area contributed by atoms with Crippen molar-refractivity contribution in [3.63, 3.8) is 0 Å². The van der Waals surface area contributed by atoms with Crippen LogP contribution in [0.1, 0.15) is 44.2 Å². The molecule has 0 spiro atoms. The lowest BCUT2D eigenvalue weighted by atomic mass is 10.1. The molecule has 2 aliphatic heterocycles. The number of nitrogens with zero attached hydrogens (tertiary/aromatic N) is 3. The summed E-state index contributed by atoms with van der Waals surface area (Å²) < 4.78 is 39.0. The number of imidazole rings is 1. The molecule has 1 atom stereocenters. The summed E-state index contributed by atoms with van der Waals surface area (Å²) in [6.45, 7) is 4.02. The number of ether oxygens (including phenoxy) is 2. The van der Waals surface area contributed by atoms with E-state index in [1.165, 1.54) is 0 Å². The molecule has 0 aromatic carbocycles. The molecule has 1 aliphatic carbocycles. The van der Waals surface area contributed by atoms with Crippen molar-refractivity contribution >= 4 is 9.84 Å². The Labute approximate surface area is 162 Å². The van der Waals surface area contributed by atoms with Crippen molar-refractivity contribution in [1.29, 1.82) is 0 Å². The van der Waals surface area contributed by atoms with E-state index in [4.69, 9.17) is 9.47 Å². The van der Waals surface area contributed by atoms with E-state index in [1.807, 2.05) is 4.57 Å².